The number of fused-ring (bicyclic) bond motifs is 1. The van der Waals surface area contributed by atoms with E-state index in [9.17, 15) is 0 Å². The Morgan fingerprint density at radius 2 is 2.05 bits per heavy atom. The Balaban J connectivity index is 1.89. The van der Waals surface area contributed by atoms with Gasteiger partial charge >= 0.3 is 0 Å². The van der Waals surface area contributed by atoms with E-state index < -0.39 is 0 Å². The van der Waals surface area contributed by atoms with Crippen LogP contribution in [0.4, 0.5) is 0 Å². The monoisotopic (exact) mass is 299 g/mol. The Morgan fingerprint density at radius 1 is 1.24 bits per heavy atom. The van der Waals surface area contributed by atoms with Gasteiger partial charge in [-0.15, -0.1) is 10.2 Å². The first-order valence-corrected chi connectivity index (χ1v) is 7.74. The third-order valence-electron chi connectivity index (χ3n) is 3.39. The fourth-order valence-corrected chi connectivity index (χ4v) is 3.23. The molecule has 0 unspecified atom stereocenters. The van der Waals surface area contributed by atoms with Crippen molar-refractivity contribution in [1.29, 1.82) is 0 Å². The Morgan fingerprint density at radius 3 is 2.81 bits per heavy atom. The molecule has 0 spiro atoms. The molecule has 0 saturated heterocycles. The molecule has 2 heterocycles. The lowest BCUT2D eigenvalue weighted by atomic mass is 10.1. The van der Waals surface area contributed by atoms with Crippen molar-refractivity contribution >= 4 is 22.7 Å². The number of aryl methyl sites for hydroxylation is 1. The van der Waals surface area contributed by atoms with Crippen LogP contribution < -0.4 is 5.73 Å². The molecule has 5 nitrogen and oxygen atoms in total. The zero-order valence-electron chi connectivity index (χ0n) is 12.1. The molecule has 0 bridgehead atoms. The van der Waals surface area contributed by atoms with Crippen LogP contribution in [0.2, 0.25) is 0 Å². The second-order valence-corrected chi connectivity index (χ2v) is 5.83. The number of aromatic nitrogens is 4. The van der Waals surface area contributed by atoms with Crippen LogP contribution in [-0.4, -0.2) is 19.7 Å². The molecule has 0 saturated carbocycles. The number of benzene rings is 1. The number of nitrogens with two attached hydrogens (primary N) is 1. The molecule has 0 amide bonds. The zero-order valence-corrected chi connectivity index (χ0v) is 12.9. The fourth-order valence-electron chi connectivity index (χ4n) is 2.31. The lowest BCUT2D eigenvalue weighted by Gasteiger charge is -2.07. The molecule has 0 atom stereocenters. The number of nitrogens with zero attached hydrogens (tertiary/aromatic N) is 4. The van der Waals surface area contributed by atoms with Gasteiger partial charge < -0.3 is 10.3 Å². The maximum absolute atomic E-state index is 5.62. The summed E-state index contributed by atoms with van der Waals surface area (Å²) in [7, 11) is 1.94. The van der Waals surface area contributed by atoms with Crippen molar-refractivity contribution in [3.8, 4) is 0 Å². The first-order valence-electron chi connectivity index (χ1n) is 6.75. The van der Waals surface area contributed by atoms with Gasteiger partial charge in [-0.1, -0.05) is 30.0 Å². The molecule has 3 rings (SSSR count). The maximum Gasteiger partial charge on any atom is 0.191 e. The van der Waals surface area contributed by atoms with E-state index in [2.05, 4.69) is 27.3 Å². The van der Waals surface area contributed by atoms with E-state index in [1.54, 1.807) is 11.8 Å². The second kappa shape index (κ2) is 5.83. The van der Waals surface area contributed by atoms with Gasteiger partial charge in [0.05, 0.1) is 12.1 Å². The Kier molecular flexibility index (Phi) is 3.90. The molecule has 2 N–H and O–H groups in total. The van der Waals surface area contributed by atoms with E-state index >= 15 is 0 Å². The quantitative estimate of drug-likeness (QED) is 0.749. The fraction of sp³-hybridized carbons (Fsp3) is 0.267. The van der Waals surface area contributed by atoms with Gasteiger partial charge in [0.1, 0.15) is 5.82 Å². The average Bonchev–Trinajstić information content (AvgIpc) is 2.85. The predicted molar refractivity (Wildman–Crippen MR) is 84.9 cm³/mol. The van der Waals surface area contributed by atoms with Crippen LogP contribution >= 0.6 is 11.8 Å². The van der Waals surface area contributed by atoms with Gasteiger partial charge in [-0.2, -0.15) is 0 Å². The number of thioether (sulfide) groups is 1. The SMILES string of the molecule is Cc1cc(CSc2nnc(CN)n2C)c2ccccc2n1. The molecule has 108 valence electrons. The topological polar surface area (TPSA) is 69.6 Å². The summed E-state index contributed by atoms with van der Waals surface area (Å²) < 4.78 is 1.95. The van der Waals surface area contributed by atoms with Gasteiger partial charge in [0.2, 0.25) is 0 Å². The van der Waals surface area contributed by atoms with E-state index in [1.165, 1.54) is 10.9 Å². The highest BCUT2D eigenvalue weighted by molar-refractivity contribution is 7.98. The normalized spacial score (nSPS) is 11.2. The molecular weight excluding hydrogens is 282 g/mol. The van der Waals surface area contributed by atoms with Gasteiger partial charge in [0.25, 0.3) is 0 Å². The van der Waals surface area contributed by atoms with Crippen LogP contribution in [0, 0.1) is 6.92 Å². The first-order chi connectivity index (χ1) is 10.2. The highest BCUT2D eigenvalue weighted by Crippen LogP contribution is 2.26. The Labute approximate surface area is 127 Å². The summed E-state index contributed by atoms with van der Waals surface area (Å²) in [4.78, 5) is 4.57. The molecule has 21 heavy (non-hydrogen) atoms. The number of pyridine rings is 1. The van der Waals surface area contributed by atoms with E-state index in [1.807, 2.05) is 36.7 Å². The standard InChI is InChI=1S/C15H17N5S/c1-10-7-11(12-5-3-4-6-13(12)17-10)9-21-15-19-18-14(8-16)20(15)2/h3-7H,8-9,16H2,1-2H3. The number of hydrogen-bond donors (Lipinski definition) is 1. The summed E-state index contributed by atoms with van der Waals surface area (Å²) in [6.45, 7) is 2.43. The van der Waals surface area contributed by atoms with Crippen LogP contribution in [-0.2, 0) is 19.3 Å². The lowest BCUT2D eigenvalue weighted by Crippen LogP contribution is -2.05. The molecular formula is C15H17N5S. The van der Waals surface area contributed by atoms with E-state index in [-0.39, 0.29) is 0 Å². The van der Waals surface area contributed by atoms with Gasteiger partial charge in [0, 0.05) is 23.9 Å². The summed E-state index contributed by atoms with van der Waals surface area (Å²) in [6.07, 6.45) is 0. The third kappa shape index (κ3) is 2.77. The Bertz CT molecular complexity index is 781. The van der Waals surface area contributed by atoms with Crippen molar-refractivity contribution in [3.63, 3.8) is 0 Å². The molecule has 0 aliphatic heterocycles. The van der Waals surface area contributed by atoms with Crippen molar-refractivity contribution < 1.29 is 0 Å². The highest BCUT2D eigenvalue weighted by Gasteiger charge is 2.10. The molecule has 0 fully saturated rings. The summed E-state index contributed by atoms with van der Waals surface area (Å²) in [5.74, 6) is 1.63. The number of para-hydroxylation sites is 1. The summed E-state index contributed by atoms with van der Waals surface area (Å²) in [5, 5.41) is 10.3. The molecule has 6 heteroatoms. The molecule has 3 aromatic rings. The van der Waals surface area contributed by atoms with Gasteiger partial charge in [-0.25, -0.2) is 0 Å². The van der Waals surface area contributed by atoms with Crippen molar-refractivity contribution in [3.05, 3.63) is 47.4 Å². The van der Waals surface area contributed by atoms with Crippen LogP contribution in [0.25, 0.3) is 10.9 Å². The minimum Gasteiger partial charge on any atom is -0.324 e. The lowest BCUT2D eigenvalue weighted by molar-refractivity contribution is 0.734. The minimum atomic E-state index is 0.404. The van der Waals surface area contributed by atoms with Gasteiger partial charge in [-0.05, 0) is 24.6 Å². The predicted octanol–water partition coefficient (Wildman–Crippen LogP) is 2.42. The second-order valence-electron chi connectivity index (χ2n) is 4.89. The molecule has 0 aliphatic rings. The summed E-state index contributed by atoms with van der Waals surface area (Å²) >= 11 is 1.67. The maximum atomic E-state index is 5.62. The highest BCUT2D eigenvalue weighted by atomic mass is 32.2. The van der Waals surface area contributed by atoms with Crippen molar-refractivity contribution in [2.24, 2.45) is 12.8 Å². The van der Waals surface area contributed by atoms with E-state index in [0.717, 1.165) is 27.9 Å². The molecule has 0 radical (unpaired) electrons. The minimum absolute atomic E-state index is 0.404. The number of hydrogen-bond acceptors (Lipinski definition) is 5. The smallest absolute Gasteiger partial charge is 0.191 e. The van der Waals surface area contributed by atoms with E-state index in [4.69, 9.17) is 5.73 Å². The van der Waals surface area contributed by atoms with Crippen molar-refractivity contribution in [2.45, 2.75) is 24.4 Å². The molecule has 0 aliphatic carbocycles. The van der Waals surface area contributed by atoms with E-state index in [0.29, 0.717) is 6.54 Å². The average molecular weight is 299 g/mol. The van der Waals surface area contributed by atoms with Crippen molar-refractivity contribution in [1.82, 2.24) is 19.7 Å². The third-order valence-corrected chi connectivity index (χ3v) is 4.46. The van der Waals surface area contributed by atoms with Crippen LogP contribution in [0.5, 0.6) is 0 Å². The van der Waals surface area contributed by atoms with Crippen LogP contribution in [0.15, 0.2) is 35.5 Å². The van der Waals surface area contributed by atoms with Gasteiger partial charge in [-0.3, -0.25) is 4.98 Å². The Hall–Kier alpha value is -1.92. The van der Waals surface area contributed by atoms with Crippen molar-refractivity contribution in [2.75, 3.05) is 0 Å². The zero-order chi connectivity index (χ0) is 14.8. The molecule has 1 aromatic carbocycles. The number of rotatable bonds is 4. The van der Waals surface area contributed by atoms with Crippen LogP contribution in [0.1, 0.15) is 17.1 Å². The first kappa shape index (κ1) is 14.0. The van der Waals surface area contributed by atoms with Gasteiger partial charge in [0.15, 0.2) is 5.16 Å². The summed E-state index contributed by atoms with van der Waals surface area (Å²) in [6, 6.07) is 10.4. The van der Waals surface area contributed by atoms with Crippen LogP contribution in [0.3, 0.4) is 0 Å². The summed E-state index contributed by atoms with van der Waals surface area (Å²) in [5.41, 5.74) is 8.96. The molecule has 2 aromatic heterocycles. The largest absolute Gasteiger partial charge is 0.324 e.